The van der Waals surface area contributed by atoms with Gasteiger partial charge in [-0.2, -0.15) is 0 Å². The van der Waals surface area contributed by atoms with E-state index < -0.39 is 0 Å². The van der Waals surface area contributed by atoms with Gasteiger partial charge < -0.3 is 20.0 Å². The lowest BCUT2D eigenvalue weighted by atomic mass is 10.1. The fourth-order valence-electron chi connectivity index (χ4n) is 2.53. The van der Waals surface area contributed by atoms with Crippen LogP contribution >= 0.6 is 0 Å². The number of rotatable bonds is 3. The molecule has 0 saturated carbocycles. The third-order valence-corrected chi connectivity index (χ3v) is 3.87. The molecular formula is C17H25N3O3. The number of likely N-dealkylation sites (tertiary alicyclic amines) is 1. The smallest absolute Gasteiger partial charge is 0.315 e. The molecule has 0 aromatic carbocycles. The van der Waals surface area contributed by atoms with Crippen LogP contribution < -0.4 is 10.6 Å². The predicted octanol–water partition coefficient (Wildman–Crippen LogP) is 2.58. The first-order chi connectivity index (χ1) is 11.1. The molecule has 0 aliphatic carbocycles. The van der Waals surface area contributed by atoms with E-state index in [2.05, 4.69) is 10.6 Å². The zero-order chi connectivity index (χ0) is 16.7. The number of hydrogen-bond donors (Lipinski definition) is 2. The van der Waals surface area contributed by atoms with Crippen LogP contribution in [0.1, 0.15) is 33.1 Å². The molecule has 1 fully saturated rings. The van der Waals surface area contributed by atoms with Gasteiger partial charge in [-0.25, -0.2) is 4.79 Å². The zero-order valence-corrected chi connectivity index (χ0v) is 13.8. The van der Waals surface area contributed by atoms with Crippen LogP contribution in [-0.4, -0.2) is 42.5 Å². The molecule has 0 unspecified atom stereocenters. The Morgan fingerprint density at radius 3 is 2.13 bits per heavy atom. The summed E-state index contributed by atoms with van der Waals surface area (Å²) in [6, 6.07) is 7.92. The van der Waals surface area contributed by atoms with Crippen molar-refractivity contribution in [3.05, 3.63) is 24.3 Å². The molecular weight excluding hydrogens is 294 g/mol. The van der Waals surface area contributed by atoms with Gasteiger partial charge in [0.1, 0.15) is 11.2 Å². The summed E-state index contributed by atoms with van der Waals surface area (Å²) in [6.45, 7) is 5.80. The lowest BCUT2D eigenvalue weighted by molar-refractivity contribution is -0.129. The molecule has 2 aromatic heterocycles. The second-order valence-electron chi connectivity index (χ2n) is 5.75. The van der Waals surface area contributed by atoms with E-state index >= 15 is 0 Å². The van der Waals surface area contributed by atoms with Crippen LogP contribution in [0.15, 0.2) is 28.7 Å². The normalized spacial score (nSPS) is 15.1. The summed E-state index contributed by atoms with van der Waals surface area (Å²) in [4.78, 5) is 24.3. The van der Waals surface area contributed by atoms with Gasteiger partial charge in [0.15, 0.2) is 0 Å². The second-order valence-corrected chi connectivity index (χ2v) is 5.75. The highest BCUT2D eigenvalue weighted by Gasteiger charge is 2.21. The SMILES string of the molecule is CCCNC(=O)NC1CCN(C(C)=O)CC1.c1cc2ccc1o2. The van der Waals surface area contributed by atoms with Crippen LogP contribution in [0.5, 0.6) is 0 Å². The van der Waals surface area contributed by atoms with Crippen LogP contribution in [0.25, 0.3) is 11.2 Å². The van der Waals surface area contributed by atoms with Crippen LogP contribution in [-0.2, 0) is 4.79 Å². The number of amides is 3. The molecule has 1 aliphatic rings. The van der Waals surface area contributed by atoms with Crippen LogP contribution in [0.4, 0.5) is 4.79 Å². The molecule has 6 heteroatoms. The van der Waals surface area contributed by atoms with Crippen molar-refractivity contribution < 1.29 is 14.0 Å². The minimum absolute atomic E-state index is 0.0943. The topological polar surface area (TPSA) is 74.6 Å². The summed E-state index contributed by atoms with van der Waals surface area (Å²) in [5.41, 5.74) is 1.94. The highest BCUT2D eigenvalue weighted by Crippen LogP contribution is 2.13. The number of urea groups is 1. The molecule has 126 valence electrons. The Balaban J connectivity index is 0.000000223. The van der Waals surface area contributed by atoms with E-state index in [0.717, 1.165) is 43.5 Å². The first-order valence-corrected chi connectivity index (χ1v) is 8.16. The zero-order valence-electron chi connectivity index (χ0n) is 13.8. The number of fused-ring (bicyclic) bond motifs is 2. The fourth-order valence-corrected chi connectivity index (χ4v) is 2.53. The standard InChI is InChI=1S/C11H21N3O2.C6H4O/c1-3-6-12-11(16)13-10-4-7-14(8-5-10)9(2)15;1-2-6-4-3-5(1)7-6/h10H,3-8H2,1-2H3,(H2,12,13,16);1-4H. The van der Waals surface area contributed by atoms with E-state index in [1.807, 2.05) is 36.1 Å². The Hall–Kier alpha value is -2.24. The molecule has 3 amide bonds. The number of benzene rings is 1. The van der Waals surface area contributed by atoms with Gasteiger partial charge in [0.25, 0.3) is 0 Å². The Bertz CT molecular complexity index is 557. The molecule has 1 saturated heterocycles. The maximum absolute atomic E-state index is 11.4. The molecule has 6 nitrogen and oxygen atoms in total. The average Bonchev–Trinajstić information content (AvgIpc) is 3.19. The second kappa shape index (κ2) is 8.41. The summed E-state index contributed by atoms with van der Waals surface area (Å²) in [6.07, 6.45) is 2.63. The highest BCUT2D eigenvalue weighted by atomic mass is 16.3. The molecule has 2 N–H and O–H groups in total. The quantitative estimate of drug-likeness (QED) is 0.913. The first kappa shape index (κ1) is 17.1. The van der Waals surface area contributed by atoms with E-state index in [0.29, 0.717) is 6.54 Å². The van der Waals surface area contributed by atoms with Crippen molar-refractivity contribution in [3.63, 3.8) is 0 Å². The van der Waals surface area contributed by atoms with Crippen molar-refractivity contribution in [2.75, 3.05) is 19.6 Å². The van der Waals surface area contributed by atoms with Gasteiger partial charge in [-0.05, 0) is 43.5 Å². The third kappa shape index (κ3) is 5.47. The van der Waals surface area contributed by atoms with Gasteiger partial charge in [-0.15, -0.1) is 0 Å². The van der Waals surface area contributed by atoms with Crippen molar-refractivity contribution in [3.8, 4) is 0 Å². The molecule has 0 atom stereocenters. The Labute approximate surface area is 136 Å². The fraction of sp³-hybridized carbons (Fsp3) is 0.529. The summed E-state index contributed by atoms with van der Waals surface area (Å²) < 4.78 is 5.08. The first-order valence-electron chi connectivity index (χ1n) is 8.16. The van der Waals surface area contributed by atoms with E-state index in [1.165, 1.54) is 0 Å². The van der Waals surface area contributed by atoms with Gasteiger partial charge in [-0.1, -0.05) is 6.92 Å². The molecule has 23 heavy (non-hydrogen) atoms. The number of furan rings is 2. The maximum Gasteiger partial charge on any atom is 0.315 e. The Morgan fingerprint density at radius 1 is 1.17 bits per heavy atom. The minimum Gasteiger partial charge on any atom is -0.457 e. The van der Waals surface area contributed by atoms with E-state index in [9.17, 15) is 9.59 Å². The largest absolute Gasteiger partial charge is 0.457 e. The molecule has 3 rings (SSSR count). The lowest BCUT2D eigenvalue weighted by Crippen LogP contribution is -2.48. The highest BCUT2D eigenvalue weighted by molar-refractivity contribution is 5.74. The average molecular weight is 319 g/mol. The third-order valence-electron chi connectivity index (χ3n) is 3.87. The van der Waals surface area contributed by atoms with E-state index in [4.69, 9.17) is 4.42 Å². The van der Waals surface area contributed by atoms with Gasteiger partial charge in [0.05, 0.1) is 0 Å². The molecule has 2 bridgehead atoms. The van der Waals surface area contributed by atoms with Crippen LogP contribution in [0, 0.1) is 0 Å². The summed E-state index contributed by atoms with van der Waals surface area (Å²) >= 11 is 0. The van der Waals surface area contributed by atoms with Gasteiger partial charge in [-0.3, -0.25) is 4.79 Å². The number of nitrogens with one attached hydrogen (secondary N) is 2. The number of carbonyl (C=O) groups is 2. The van der Waals surface area contributed by atoms with Crippen molar-refractivity contribution in [1.82, 2.24) is 15.5 Å². The number of hydrogen-bond acceptors (Lipinski definition) is 3. The molecule has 3 heterocycles. The lowest BCUT2D eigenvalue weighted by Gasteiger charge is -2.31. The minimum atomic E-state index is -0.0943. The van der Waals surface area contributed by atoms with Crippen molar-refractivity contribution in [1.29, 1.82) is 0 Å². The predicted molar refractivity (Wildman–Crippen MR) is 89.5 cm³/mol. The maximum atomic E-state index is 11.4. The Kier molecular flexibility index (Phi) is 6.26. The molecule has 2 aromatic rings. The summed E-state index contributed by atoms with van der Waals surface area (Å²) in [5.74, 6) is 0.119. The van der Waals surface area contributed by atoms with Gasteiger partial charge in [0, 0.05) is 32.6 Å². The van der Waals surface area contributed by atoms with Crippen LogP contribution in [0.2, 0.25) is 0 Å². The van der Waals surface area contributed by atoms with Crippen molar-refractivity contribution in [2.24, 2.45) is 0 Å². The molecule has 0 radical (unpaired) electrons. The summed E-state index contributed by atoms with van der Waals surface area (Å²) in [5, 5.41) is 5.71. The Morgan fingerprint density at radius 2 is 1.74 bits per heavy atom. The molecule has 1 aliphatic heterocycles. The monoisotopic (exact) mass is 319 g/mol. The van der Waals surface area contributed by atoms with Gasteiger partial charge in [0.2, 0.25) is 5.91 Å². The van der Waals surface area contributed by atoms with Crippen molar-refractivity contribution in [2.45, 2.75) is 39.2 Å². The number of piperidine rings is 1. The number of nitrogens with zero attached hydrogens (tertiary/aromatic N) is 1. The summed E-state index contributed by atoms with van der Waals surface area (Å²) in [7, 11) is 0. The van der Waals surface area contributed by atoms with Gasteiger partial charge >= 0.3 is 6.03 Å². The number of carbonyl (C=O) groups excluding carboxylic acids is 2. The van der Waals surface area contributed by atoms with E-state index in [1.54, 1.807) is 6.92 Å². The molecule has 0 spiro atoms. The van der Waals surface area contributed by atoms with Crippen molar-refractivity contribution >= 4 is 23.1 Å². The van der Waals surface area contributed by atoms with Crippen LogP contribution in [0.3, 0.4) is 0 Å². The van der Waals surface area contributed by atoms with E-state index in [-0.39, 0.29) is 18.0 Å².